The number of nitrogens with one attached hydrogen (secondary N) is 2. The van der Waals surface area contributed by atoms with Crippen LogP contribution in [0.2, 0.25) is 0 Å². The van der Waals surface area contributed by atoms with Gasteiger partial charge >= 0.3 is 6.09 Å². The van der Waals surface area contributed by atoms with E-state index in [2.05, 4.69) is 10.3 Å². The summed E-state index contributed by atoms with van der Waals surface area (Å²) in [5, 5.41) is 2.81. The van der Waals surface area contributed by atoms with Crippen molar-refractivity contribution in [2.24, 2.45) is 0 Å². The normalized spacial score (nSPS) is 20.2. The molecule has 2 aliphatic rings. The molecule has 0 saturated carbocycles. The predicted octanol–water partition coefficient (Wildman–Crippen LogP) is 2.19. The van der Waals surface area contributed by atoms with E-state index in [0.29, 0.717) is 37.4 Å². The fourth-order valence-corrected chi connectivity index (χ4v) is 3.76. The van der Waals surface area contributed by atoms with Crippen LogP contribution in [0.4, 0.5) is 4.79 Å². The predicted molar refractivity (Wildman–Crippen MR) is 91.9 cm³/mol. The van der Waals surface area contributed by atoms with Gasteiger partial charge in [-0.15, -0.1) is 0 Å². The molecule has 7 heteroatoms. The van der Waals surface area contributed by atoms with E-state index in [1.54, 1.807) is 11.8 Å². The van der Waals surface area contributed by atoms with Crippen molar-refractivity contribution < 1.29 is 19.1 Å². The van der Waals surface area contributed by atoms with E-state index < -0.39 is 6.09 Å². The van der Waals surface area contributed by atoms with Crippen LogP contribution in [0.1, 0.15) is 64.7 Å². The molecular formula is C18H25N3O4. The molecule has 25 heavy (non-hydrogen) atoms. The van der Waals surface area contributed by atoms with Crippen LogP contribution in [0.25, 0.3) is 0 Å². The number of likely N-dealkylation sites (tertiary alicyclic amines) is 1. The average Bonchev–Trinajstić information content (AvgIpc) is 2.93. The second-order valence-electron chi connectivity index (χ2n) is 6.71. The van der Waals surface area contributed by atoms with Gasteiger partial charge in [0.2, 0.25) is 0 Å². The standard InChI is InChI=1S/C18H25N3O4/c1-3-25-18(24)19-12-6-5-9-21(10-12)17(23)16-11(2)15-13(20-16)7-4-8-14(15)22/h12,20H,3-10H2,1-2H3,(H,19,24). The summed E-state index contributed by atoms with van der Waals surface area (Å²) in [4.78, 5) is 41.6. The van der Waals surface area contributed by atoms with Crippen molar-refractivity contribution in [3.63, 3.8) is 0 Å². The fraction of sp³-hybridized carbons (Fsp3) is 0.611. The molecule has 7 nitrogen and oxygen atoms in total. The highest BCUT2D eigenvalue weighted by Crippen LogP contribution is 2.27. The highest BCUT2D eigenvalue weighted by atomic mass is 16.5. The van der Waals surface area contributed by atoms with Gasteiger partial charge < -0.3 is 19.9 Å². The molecular weight excluding hydrogens is 322 g/mol. The Morgan fingerprint density at radius 1 is 1.32 bits per heavy atom. The van der Waals surface area contributed by atoms with Gasteiger partial charge in [-0.05, 0) is 45.1 Å². The molecule has 1 atom stereocenters. The molecule has 1 aromatic heterocycles. The molecule has 0 radical (unpaired) electrons. The summed E-state index contributed by atoms with van der Waals surface area (Å²) in [5.41, 5.74) is 2.85. The Morgan fingerprint density at radius 3 is 2.84 bits per heavy atom. The van der Waals surface area contributed by atoms with Crippen LogP contribution in [0.3, 0.4) is 0 Å². The Kier molecular flexibility index (Phi) is 5.11. The molecule has 2 amide bonds. The van der Waals surface area contributed by atoms with Gasteiger partial charge in [0.1, 0.15) is 5.69 Å². The molecule has 0 aromatic carbocycles. The number of alkyl carbamates (subject to hydrolysis) is 1. The van der Waals surface area contributed by atoms with E-state index in [0.717, 1.165) is 36.9 Å². The minimum Gasteiger partial charge on any atom is -0.450 e. The molecule has 1 unspecified atom stereocenters. The zero-order valence-corrected chi connectivity index (χ0v) is 14.8. The molecule has 1 aromatic rings. The van der Waals surface area contributed by atoms with Crippen molar-refractivity contribution in [2.75, 3.05) is 19.7 Å². The van der Waals surface area contributed by atoms with E-state index in [1.165, 1.54) is 0 Å². The zero-order chi connectivity index (χ0) is 18.0. The lowest BCUT2D eigenvalue weighted by molar-refractivity contribution is 0.0680. The van der Waals surface area contributed by atoms with Crippen molar-refractivity contribution in [1.82, 2.24) is 15.2 Å². The number of rotatable bonds is 3. The number of fused-ring (bicyclic) bond motifs is 1. The number of carbonyl (C=O) groups excluding carboxylic acids is 3. The number of Topliss-reactive ketones (excluding diaryl/α,β-unsaturated/α-hetero) is 1. The largest absolute Gasteiger partial charge is 0.450 e. The number of hydrogen-bond acceptors (Lipinski definition) is 4. The van der Waals surface area contributed by atoms with Gasteiger partial charge in [-0.2, -0.15) is 0 Å². The van der Waals surface area contributed by atoms with Gasteiger partial charge in [0.15, 0.2) is 5.78 Å². The maximum Gasteiger partial charge on any atom is 0.407 e. The van der Waals surface area contributed by atoms with Gasteiger partial charge in [-0.25, -0.2) is 4.79 Å². The third kappa shape index (κ3) is 3.55. The van der Waals surface area contributed by atoms with Gasteiger partial charge in [0.25, 0.3) is 5.91 Å². The number of amides is 2. The van der Waals surface area contributed by atoms with Gasteiger partial charge in [-0.1, -0.05) is 0 Å². The van der Waals surface area contributed by atoms with E-state index >= 15 is 0 Å². The number of ketones is 1. The van der Waals surface area contributed by atoms with Crippen molar-refractivity contribution in [1.29, 1.82) is 0 Å². The number of aromatic amines is 1. The van der Waals surface area contributed by atoms with Gasteiger partial charge in [0, 0.05) is 36.8 Å². The highest BCUT2D eigenvalue weighted by molar-refractivity contribution is 6.04. The summed E-state index contributed by atoms with van der Waals surface area (Å²) in [7, 11) is 0. The van der Waals surface area contributed by atoms with Crippen molar-refractivity contribution in [2.45, 2.75) is 52.0 Å². The van der Waals surface area contributed by atoms with Crippen LogP contribution >= 0.6 is 0 Å². The number of aromatic nitrogens is 1. The lowest BCUT2D eigenvalue weighted by Crippen LogP contribution is -2.49. The first kappa shape index (κ1) is 17.5. The first-order valence-electron chi connectivity index (χ1n) is 8.98. The first-order chi connectivity index (χ1) is 12.0. The van der Waals surface area contributed by atoms with Crippen molar-refractivity contribution in [3.05, 3.63) is 22.5 Å². The zero-order valence-electron chi connectivity index (χ0n) is 14.8. The number of nitrogens with zero attached hydrogens (tertiary/aromatic N) is 1. The lowest BCUT2D eigenvalue weighted by atomic mass is 9.93. The van der Waals surface area contributed by atoms with Crippen molar-refractivity contribution in [3.8, 4) is 0 Å². The Hall–Kier alpha value is -2.31. The van der Waals surface area contributed by atoms with E-state index in [9.17, 15) is 14.4 Å². The Morgan fingerprint density at radius 2 is 2.12 bits per heavy atom. The number of piperidine rings is 1. The first-order valence-corrected chi connectivity index (χ1v) is 8.98. The van der Waals surface area contributed by atoms with Crippen LogP contribution in [0.5, 0.6) is 0 Å². The average molecular weight is 347 g/mol. The molecule has 136 valence electrons. The van der Waals surface area contributed by atoms with Crippen LogP contribution < -0.4 is 5.32 Å². The molecule has 1 fully saturated rings. The van der Waals surface area contributed by atoms with Crippen LogP contribution in [-0.4, -0.2) is 53.4 Å². The molecule has 1 aliphatic carbocycles. The van der Waals surface area contributed by atoms with Crippen LogP contribution in [0.15, 0.2) is 0 Å². The van der Waals surface area contributed by atoms with Gasteiger partial charge in [0.05, 0.1) is 6.61 Å². The molecule has 0 bridgehead atoms. The summed E-state index contributed by atoms with van der Waals surface area (Å²) >= 11 is 0. The van der Waals surface area contributed by atoms with E-state index in [4.69, 9.17) is 4.74 Å². The number of hydrogen-bond donors (Lipinski definition) is 2. The number of aryl methyl sites for hydroxylation is 1. The van der Waals surface area contributed by atoms with E-state index in [1.807, 2.05) is 6.92 Å². The summed E-state index contributed by atoms with van der Waals surface area (Å²) in [5.74, 6) is 0.0182. The van der Waals surface area contributed by atoms with Crippen LogP contribution in [-0.2, 0) is 11.2 Å². The maximum absolute atomic E-state index is 12.9. The SMILES string of the molecule is CCOC(=O)NC1CCCN(C(=O)c2[nH]c3c(c2C)C(=O)CCC3)C1. The molecule has 1 saturated heterocycles. The Bertz CT molecular complexity index is 695. The topological polar surface area (TPSA) is 91.5 Å². The Labute approximate surface area is 147 Å². The minimum atomic E-state index is -0.445. The number of ether oxygens (including phenoxy) is 1. The second kappa shape index (κ2) is 7.29. The summed E-state index contributed by atoms with van der Waals surface area (Å²) in [6, 6.07) is -0.108. The molecule has 1 aliphatic heterocycles. The third-order valence-electron chi connectivity index (χ3n) is 4.96. The van der Waals surface area contributed by atoms with Crippen molar-refractivity contribution >= 4 is 17.8 Å². The minimum absolute atomic E-state index is 0.102. The molecule has 2 heterocycles. The Balaban J connectivity index is 1.73. The lowest BCUT2D eigenvalue weighted by Gasteiger charge is -2.32. The third-order valence-corrected chi connectivity index (χ3v) is 4.96. The molecule has 0 spiro atoms. The summed E-state index contributed by atoms with van der Waals surface area (Å²) in [6.45, 7) is 5.02. The fourth-order valence-electron chi connectivity index (χ4n) is 3.76. The molecule has 3 rings (SSSR count). The number of carbonyl (C=O) groups is 3. The summed E-state index contributed by atoms with van der Waals surface area (Å²) in [6.07, 6.45) is 3.38. The molecule has 2 N–H and O–H groups in total. The monoisotopic (exact) mass is 347 g/mol. The smallest absolute Gasteiger partial charge is 0.407 e. The van der Waals surface area contributed by atoms with E-state index in [-0.39, 0.29) is 17.7 Å². The second-order valence-corrected chi connectivity index (χ2v) is 6.71. The summed E-state index contributed by atoms with van der Waals surface area (Å²) < 4.78 is 4.91. The highest BCUT2D eigenvalue weighted by Gasteiger charge is 2.31. The number of H-pyrrole nitrogens is 1. The quantitative estimate of drug-likeness (QED) is 0.877. The van der Waals surface area contributed by atoms with Crippen LogP contribution in [0, 0.1) is 6.92 Å². The maximum atomic E-state index is 12.9. The van der Waals surface area contributed by atoms with Gasteiger partial charge in [-0.3, -0.25) is 9.59 Å².